The minimum Gasteiger partial charge on any atom is -0.463 e. The highest BCUT2D eigenvalue weighted by atomic mass is 32.1. The van der Waals surface area contributed by atoms with Gasteiger partial charge in [-0.1, -0.05) is 12.1 Å². The van der Waals surface area contributed by atoms with Gasteiger partial charge in [0, 0.05) is 26.5 Å². The lowest BCUT2D eigenvalue weighted by Crippen LogP contribution is -2.33. The third kappa shape index (κ3) is 4.42. The third-order valence-electron chi connectivity index (χ3n) is 4.75. The van der Waals surface area contributed by atoms with Crippen LogP contribution in [0.15, 0.2) is 40.1 Å². The summed E-state index contributed by atoms with van der Waals surface area (Å²) in [5, 5.41) is 0.460. The van der Waals surface area contributed by atoms with E-state index in [4.69, 9.17) is 14.2 Å². The topological polar surface area (TPSA) is 130 Å². The Morgan fingerprint density at radius 2 is 2.03 bits per heavy atom. The number of rotatable bonds is 5. The summed E-state index contributed by atoms with van der Waals surface area (Å²) in [7, 11) is 0. The molecule has 11 heteroatoms. The van der Waals surface area contributed by atoms with E-state index in [0.29, 0.717) is 5.01 Å². The number of carbonyl (C=O) groups excluding carboxylic acids is 2. The fourth-order valence-corrected chi connectivity index (χ4v) is 4.37. The van der Waals surface area contributed by atoms with Gasteiger partial charge in [-0.05, 0) is 12.1 Å². The molecule has 0 aliphatic carbocycles. The highest BCUT2D eigenvalue weighted by Crippen LogP contribution is 2.32. The van der Waals surface area contributed by atoms with Gasteiger partial charge in [-0.15, -0.1) is 11.3 Å². The number of H-pyrrole nitrogens is 1. The van der Waals surface area contributed by atoms with E-state index >= 15 is 0 Å². The quantitative estimate of drug-likeness (QED) is 0.586. The van der Waals surface area contributed by atoms with Crippen molar-refractivity contribution in [3.8, 4) is 10.6 Å². The van der Waals surface area contributed by atoms with Crippen molar-refractivity contribution in [1.29, 1.82) is 0 Å². The number of para-hydroxylation sites is 1. The number of aromatic amines is 1. The van der Waals surface area contributed by atoms with E-state index in [1.54, 1.807) is 0 Å². The van der Waals surface area contributed by atoms with Crippen LogP contribution in [0, 0.1) is 0 Å². The molecular formula is C20H19N3O7S. The summed E-state index contributed by atoms with van der Waals surface area (Å²) in [6.07, 6.45) is -0.754. The van der Waals surface area contributed by atoms with Crippen molar-refractivity contribution in [2.75, 3.05) is 6.61 Å². The molecule has 1 aliphatic heterocycles. The Morgan fingerprint density at radius 1 is 1.26 bits per heavy atom. The highest BCUT2D eigenvalue weighted by Gasteiger charge is 2.39. The first kappa shape index (κ1) is 20.9. The van der Waals surface area contributed by atoms with E-state index in [0.717, 1.165) is 10.2 Å². The number of hydrogen-bond donors (Lipinski definition) is 1. The largest absolute Gasteiger partial charge is 0.463 e. The minimum absolute atomic E-state index is 0.132. The number of fused-ring (bicyclic) bond motifs is 1. The molecule has 0 saturated carbocycles. The van der Waals surface area contributed by atoms with Gasteiger partial charge in [-0.3, -0.25) is 23.9 Å². The Kier molecular flexibility index (Phi) is 5.70. The number of carbonyl (C=O) groups is 2. The van der Waals surface area contributed by atoms with Crippen LogP contribution >= 0.6 is 11.3 Å². The van der Waals surface area contributed by atoms with Gasteiger partial charge in [-0.2, -0.15) is 0 Å². The maximum absolute atomic E-state index is 12.5. The van der Waals surface area contributed by atoms with Crippen molar-refractivity contribution in [2.24, 2.45) is 0 Å². The molecular weight excluding hydrogens is 426 g/mol. The summed E-state index contributed by atoms with van der Waals surface area (Å²) >= 11 is 1.33. The van der Waals surface area contributed by atoms with E-state index in [1.165, 1.54) is 35.9 Å². The van der Waals surface area contributed by atoms with Gasteiger partial charge in [0.15, 0.2) is 0 Å². The molecule has 0 radical (unpaired) electrons. The summed E-state index contributed by atoms with van der Waals surface area (Å²) in [5.74, 6) is -1.03. The number of nitrogens with zero attached hydrogens (tertiary/aromatic N) is 2. The lowest BCUT2D eigenvalue weighted by Gasteiger charge is -2.17. The summed E-state index contributed by atoms with van der Waals surface area (Å²) in [5.41, 5.74) is -0.272. The van der Waals surface area contributed by atoms with E-state index in [-0.39, 0.29) is 18.6 Å². The maximum Gasteiger partial charge on any atom is 0.330 e. The van der Waals surface area contributed by atoms with E-state index in [9.17, 15) is 19.2 Å². The Morgan fingerprint density at radius 3 is 2.74 bits per heavy atom. The molecule has 0 bridgehead atoms. The molecule has 3 heterocycles. The number of benzene rings is 1. The van der Waals surface area contributed by atoms with Crippen LogP contribution in [0.25, 0.3) is 20.8 Å². The lowest BCUT2D eigenvalue weighted by molar-refractivity contribution is -0.155. The molecule has 162 valence electrons. The average molecular weight is 445 g/mol. The predicted molar refractivity (Wildman–Crippen MR) is 111 cm³/mol. The average Bonchev–Trinajstić information content (AvgIpc) is 3.30. The number of ether oxygens (including phenoxy) is 3. The standard InChI is InChI=1S/C20H19N3O7S/c1-10(24)28-9-15-14(29-11(2)25)7-17(30-15)23-8-12(18(26)22-20(23)27)19-21-13-5-3-4-6-16(13)31-19/h3-6,8,14-15,17H,7,9H2,1-2H3,(H,22,26,27)/t14-,15+,17+/m0/s1. The number of aromatic nitrogens is 3. The summed E-state index contributed by atoms with van der Waals surface area (Å²) < 4.78 is 18.2. The molecule has 10 nitrogen and oxygen atoms in total. The van der Waals surface area contributed by atoms with Gasteiger partial charge in [0.1, 0.15) is 30.1 Å². The van der Waals surface area contributed by atoms with Crippen LogP contribution in [0.2, 0.25) is 0 Å². The van der Waals surface area contributed by atoms with Gasteiger partial charge in [-0.25, -0.2) is 9.78 Å². The number of thiazole rings is 1. The van der Waals surface area contributed by atoms with Crippen molar-refractivity contribution in [1.82, 2.24) is 14.5 Å². The van der Waals surface area contributed by atoms with E-state index < -0.39 is 41.6 Å². The van der Waals surface area contributed by atoms with E-state index in [2.05, 4.69) is 9.97 Å². The second kappa shape index (κ2) is 8.44. The zero-order valence-electron chi connectivity index (χ0n) is 16.7. The van der Waals surface area contributed by atoms with Crippen molar-refractivity contribution in [3.63, 3.8) is 0 Å². The molecule has 0 spiro atoms. The third-order valence-corrected chi connectivity index (χ3v) is 5.82. The van der Waals surface area contributed by atoms with Crippen LogP contribution in [0.3, 0.4) is 0 Å². The summed E-state index contributed by atoms with van der Waals surface area (Å²) in [6, 6.07) is 7.45. The molecule has 3 atom stereocenters. The second-order valence-electron chi connectivity index (χ2n) is 7.01. The van der Waals surface area contributed by atoms with Gasteiger partial charge < -0.3 is 14.2 Å². The molecule has 0 amide bonds. The number of hydrogen-bond acceptors (Lipinski definition) is 9. The van der Waals surface area contributed by atoms with Crippen LogP contribution in [0.1, 0.15) is 26.5 Å². The first-order valence-corrected chi connectivity index (χ1v) is 10.3. The van der Waals surface area contributed by atoms with Gasteiger partial charge in [0.25, 0.3) is 5.56 Å². The minimum atomic E-state index is -0.831. The zero-order chi connectivity index (χ0) is 22.1. The lowest BCUT2D eigenvalue weighted by atomic mass is 10.2. The zero-order valence-corrected chi connectivity index (χ0v) is 17.5. The van der Waals surface area contributed by atoms with Gasteiger partial charge in [0.05, 0.1) is 15.8 Å². The van der Waals surface area contributed by atoms with Gasteiger partial charge in [0.2, 0.25) is 0 Å². The molecule has 3 aromatic rings. The van der Waals surface area contributed by atoms with Crippen molar-refractivity contribution >= 4 is 33.5 Å². The number of esters is 2. The molecule has 1 aromatic carbocycles. The number of nitrogens with one attached hydrogen (secondary N) is 1. The van der Waals surface area contributed by atoms with Crippen LogP contribution in [-0.2, 0) is 23.8 Å². The Balaban J connectivity index is 1.68. The smallest absolute Gasteiger partial charge is 0.330 e. The Hall–Kier alpha value is -3.31. The van der Waals surface area contributed by atoms with E-state index in [1.807, 2.05) is 24.3 Å². The molecule has 2 aromatic heterocycles. The van der Waals surface area contributed by atoms with Crippen LogP contribution in [0.4, 0.5) is 0 Å². The Bertz CT molecular complexity index is 1230. The molecule has 1 fully saturated rings. The monoisotopic (exact) mass is 445 g/mol. The normalized spacial score (nSPS) is 20.6. The SMILES string of the molecule is CC(=O)OC[C@H]1O[C@@H](n2cc(-c3nc4ccccc4s3)c(=O)[nH]c2=O)C[C@@H]1OC(C)=O. The van der Waals surface area contributed by atoms with Crippen LogP contribution in [0.5, 0.6) is 0 Å². The maximum atomic E-state index is 12.5. The molecule has 31 heavy (non-hydrogen) atoms. The Labute approximate surface area is 179 Å². The molecule has 4 rings (SSSR count). The van der Waals surface area contributed by atoms with Gasteiger partial charge >= 0.3 is 17.6 Å². The predicted octanol–water partition coefficient (Wildman–Crippen LogP) is 1.60. The molecule has 1 saturated heterocycles. The highest BCUT2D eigenvalue weighted by molar-refractivity contribution is 7.21. The van der Waals surface area contributed by atoms with Crippen molar-refractivity contribution < 1.29 is 23.8 Å². The summed E-state index contributed by atoms with van der Waals surface area (Å²) in [6.45, 7) is 2.38. The fourth-order valence-electron chi connectivity index (χ4n) is 3.40. The van der Waals surface area contributed by atoms with Crippen LogP contribution < -0.4 is 11.2 Å². The van der Waals surface area contributed by atoms with Crippen LogP contribution in [-0.4, -0.2) is 45.3 Å². The molecule has 0 unspecified atom stereocenters. The van der Waals surface area contributed by atoms with Crippen molar-refractivity contribution in [3.05, 3.63) is 51.3 Å². The fraction of sp³-hybridized carbons (Fsp3) is 0.350. The van der Waals surface area contributed by atoms with Crippen molar-refractivity contribution in [2.45, 2.75) is 38.7 Å². The first-order chi connectivity index (χ1) is 14.8. The second-order valence-corrected chi connectivity index (χ2v) is 8.04. The summed E-state index contributed by atoms with van der Waals surface area (Å²) in [4.78, 5) is 54.4. The molecule has 1 aliphatic rings. The first-order valence-electron chi connectivity index (χ1n) is 9.49. The molecule has 1 N–H and O–H groups in total.